The second-order valence-electron chi connectivity index (χ2n) is 7.20. The molecule has 5 nitrogen and oxygen atoms in total. The van der Waals surface area contributed by atoms with Crippen molar-refractivity contribution in [1.29, 1.82) is 0 Å². The zero-order valence-corrected chi connectivity index (χ0v) is 18.7. The molecule has 0 aliphatic rings. The monoisotopic (exact) mass is 460 g/mol. The van der Waals surface area contributed by atoms with Gasteiger partial charge in [0.2, 0.25) is 15.9 Å². The number of aryl methyl sites for hydroxylation is 2. The van der Waals surface area contributed by atoms with Crippen molar-refractivity contribution >= 4 is 33.2 Å². The fraction of sp³-hybridized carbons (Fsp3) is 0.174. The van der Waals surface area contributed by atoms with Crippen molar-refractivity contribution in [3.8, 4) is 0 Å². The molecule has 0 heterocycles. The van der Waals surface area contributed by atoms with Crippen molar-refractivity contribution in [2.45, 2.75) is 25.3 Å². The molecule has 0 fully saturated rings. The number of anilines is 1. The first-order chi connectivity index (χ1) is 14.7. The number of hydrogen-bond acceptors (Lipinski definition) is 3. The van der Waals surface area contributed by atoms with Crippen LogP contribution in [0.15, 0.2) is 71.6 Å². The molecule has 1 amide bonds. The lowest BCUT2D eigenvalue weighted by molar-refractivity contribution is -0.116. The van der Waals surface area contributed by atoms with Crippen molar-refractivity contribution in [3.63, 3.8) is 0 Å². The smallest absolute Gasteiger partial charge is 0.243 e. The Morgan fingerprint density at radius 1 is 1.00 bits per heavy atom. The molecule has 0 aliphatic heterocycles. The van der Waals surface area contributed by atoms with E-state index in [0.29, 0.717) is 5.69 Å². The number of sulfonamides is 1. The Balaban J connectivity index is 1.93. The van der Waals surface area contributed by atoms with Crippen LogP contribution in [-0.2, 0) is 21.4 Å². The topological polar surface area (TPSA) is 66.5 Å². The predicted molar refractivity (Wildman–Crippen MR) is 120 cm³/mol. The Hall–Kier alpha value is -2.74. The Morgan fingerprint density at radius 2 is 1.68 bits per heavy atom. The van der Waals surface area contributed by atoms with E-state index < -0.39 is 28.3 Å². The molecule has 0 aromatic heterocycles. The van der Waals surface area contributed by atoms with Crippen molar-refractivity contribution < 1.29 is 17.6 Å². The van der Waals surface area contributed by atoms with Gasteiger partial charge in [-0.1, -0.05) is 47.5 Å². The molecule has 3 aromatic rings. The molecule has 0 atom stereocenters. The van der Waals surface area contributed by atoms with Crippen LogP contribution in [0.3, 0.4) is 0 Å². The van der Waals surface area contributed by atoms with Crippen LogP contribution in [0.2, 0.25) is 5.02 Å². The maximum absolute atomic E-state index is 14.4. The molecule has 0 spiro atoms. The largest absolute Gasteiger partial charge is 0.325 e. The second-order valence-corrected chi connectivity index (χ2v) is 9.55. The summed E-state index contributed by atoms with van der Waals surface area (Å²) in [5.41, 5.74) is 2.38. The number of hydrogen-bond donors (Lipinski definition) is 1. The van der Waals surface area contributed by atoms with Gasteiger partial charge in [0.1, 0.15) is 5.82 Å². The normalized spacial score (nSPS) is 11.5. The highest BCUT2D eigenvalue weighted by Crippen LogP contribution is 2.25. The van der Waals surface area contributed by atoms with Gasteiger partial charge in [0.15, 0.2) is 0 Å². The van der Waals surface area contributed by atoms with E-state index in [-0.39, 0.29) is 22.0 Å². The predicted octanol–water partition coefficient (Wildman–Crippen LogP) is 4.93. The van der Waals surface area contributed by atoms with Crippen molar-refractivity contribution in [2.24, 2.45) is 0 Å². The van der Waals surface area contributed by atoms with Crippen LogP contribution in [0.25, 0.3) is 0 Å². The van der Waals surface area contributed by atoms with Crippen molar-refractivity contribution in [3.05, 3.63) is 94.3 Å². The molecule has 0 radical (unpaired) electrons. The lowest BCUT2D eigenvalue weighted by atomic mass is 10.2. The first-order valence-electron chi connectivity index (χ1n) is 9.53. The summed E-state index contributed by atoms with van der Waals surface area (Å²) in [4.78, 5) is 12.7. The molecule has 31 heavy (non-hydrogen) atoms. The minimum Gasteiger partial charge on any atom is -0.325 e. The van der Waals surface area contributed by atoms with Crippen LogP contribution in [0, 0.1) is 19.7 Å². The van der Waals surface area contributed by atoms with E-state index in [1.54, 1.807) is 30.3 Å². The van der Waals surface area contributed by atoms with E-state index >= 15 is 0 Å². The van der Waals surface area contributed by atoms with Crippen LogP contribution in [0.5, 0.6) is 0 Å². The van der Waals surface area contributed by atoms with E-state index in [2.05, 4.69) is 5.32 Å². The number of halogens is 2. The van der Waals surface area contributed by atoms with Crippen molar-refractivity contribution in [2.75, 3.05) is 11.9 Å². The quantitative estimate of drug-likeness (QED) is 0.544. The molecule has 0 aliphatic carbocycles. The molecule has 3 rings (SSSR count). The first kappa shape index (κ1) is 22.9. The molecule has 0 unspecified atom stereocenters. The van der Waals surface area contributed by atoms with E-state index in [1.807, 2.05) is 19.9 Å². The second kappa shape index (κ2) is 9.60. The molecule has 1 N–H and O–H groups in total. The average Bonchev–Trinajstić information content (AvgIpc) is 2.70. The lowest BCUT2D eigenvalue weighted by Crippen LogP contribution is -2.38. The molecule has 0 bridgehead atoms. The fourth-order valence-corrected chi connectivity index (χ4v) is 4.62. The highest BCUT2D eigenvalue weighted by atomic mass is 35.5. The highest BCUT2D eigenvalue weighted by Gasteiger charge is 2.28. The lowest BCUT2D eigenvalue weighted by Gasteiger charge is -2.23. The Morgan fingerprint density at radius 3 is 2.32 bits per heavy atom. The van der Waals surface area contributed by atoms with E-state index in [1.165, 1.54) is 30.3 Å². The van der Waals surface area contributed by atoms with Gasteiger partial charge in [-0.2, -0.15) is 4.31 Å². The van der Waals surface area contributed by atoms with Crippen LogP contribution < -0.4 is 5.32 Å². The van der Waals surface area contributed by atoms with Gasteiger partial charge in [0.25, 0.3) is 0 Å². The standard InChI is InChI=1S/C23H22ClFN2O3S/c1-16-9-11-19(12-10-16)31(29,30)27(14-20-21(24)7-4-8-22(20)25)15-23(28)26-18-6-3-5-17(2)13-18/h3-13H,14-15H2,1-2H3,(H,26,28). The molecule has 162 valence electrons. The third-order valence-electron chi connectivity index (χ3n) is 4.68. The number of rotatable bonds is 7. The maximum Gasteiger partial charge on any atom is 0.243 e. The fourth-order valence-electron chi connectivity index (χ4n) is 3.03. The minimum absolute atomic E-state index is 0.00297. The molecule has 8 heteroatoms. The van der Waals surface area contributed by atoms with Gasteiger partial charge in [0.05, 0.1) is 11.4 Å². The molecular formula is C23H22ClFN2O3S. The van der Waals surface area contributed by atoms with Gasteiger partial charge in [-0.15, -0.1) is 0 Å². The van der Waals surface area contributed by atoms with Gasteiger partial charge < -0.3 is 5.32 Å². The molecule has 3 aromatic carbocycles. The highest BCUT2D eigenvalue weighted by molar-refractivity contribution is 7.89. The Kier molecular flexibility index (Phi) is 7.10. The summed E-state index contributed by atoms with van der Waals surface area (Å²) >= 11 is 6.11. The summed E-state index contributed by atoms with van der Waals surface area (Å²) in [5, 5.41) is 2.78. The molecule has 0 saturated heterocycles. The van der Waals surface area contributed by atoms with Crippen LogP contribution in [0.4, 0.5) is 10.1 Å². The summed E-state index contributed by atoms with van der Waals surface area (Å²) in [6.07, 6.45) is 0. The number of nitrogens with one attached hydrogen (secondary N) is 1. The summed E-state index contributed by atoms with van der Waals surface area (Å²) < 4.78 is 41.9. The van der Waals surface area contributed by atoms with Crippen LogP contribution >= 0.6 is 11.6 Å². The Labute approximate surface area is 186 Å². The number of benzene rings is 3. The third-order valence-corrected chi connectivity index (χ3v) is 6.84. The van der Waals surface area contributed by atoms with Gasteiger partial charge in [0, 0.05) is 22.8 Å². The van der Waals surface area contributed by atoms with E-state index in [9.17, 15) is 17.6 Å². The van der Waals surface area contributed by atoms with Gasteiger partial charge in [-0.25, -0.2) is 12.8 Å². The zero-order chi connectivity index (χ0) is 22.6. The maximum atomic E-state index is 14.4. The Bertz CT molecular complexity index is 1180. The van der Waals surface area contributed by atoms with Crippen LogP contribution in [0.1, 0.15) is 16.7 Å². The third kappa shape index (κ3) is 5.70. The van der Waals surface area contributed by atoms with Crippen LogP contribution in [-0.4, -0.2) is 25.2 Å². The number of carbonyl (C=O) groups is 1. The molecule has 0 saturated carbocycles. The van der Waals surface area contributed by atoms with Crippen molar-refractivity contribution in [1.82, 2.24) is 4.31 Å². The van der Waals surface area contributed by atoms with E-state index in [4.69, 9.17) is 11.6 Å². The number of amides is 1. The van der Waals surface area contributed by atoms with E-state index in [0.717, 1.165) is 15.4 Å². The summed E-state index contributed by atoms with van der Waals surface area (Å²) in [5.74, 6) is -1.19. The summed E-state index contributed by atoms with van der Waals surface area (Å²) in [6.45, 7) is 2.82. The van der Waals surface area contributed by atoms with Gasteiger partial charge >= 0.3 is 0 Å². The number of nitrogens with zero attached hydrogens (tertiary/aromatic N) is 1. The first-order valence-corrected chi connectivity index (χ1v) is 11.3. The van der Waals surface area contributed by atoms with Gasteiger partial charge in [-0.05, 0) is 55.8 Å². The summed E-state index contributed by atoms with van der Waals surface area (Å²) in [6, 6.07) is 17.5. The van der Waals surface area contributed by atoms with Gasteiger partial charge in [-0.3, -0.25) is 4.79 Å². The summed E-state index contributed by atoms with van der Waals surface area (Å²) in [7, 11) is -4.10. The SMILES string of the molecule is Cc1ccc(S(=O)(=O)N(CC(=O)Nc2cccc(C)c2)Cc2c(F)cccc2Cl)cc1. The zero-order valence-electron chi connectivity index (χ0n) is 17.1. The molecular weight excluding hydrogens is 439 g/mol. The average molecular weight is 461 g/mol. The minimum atomic E-state index is -4.10. The number of carbonyl (C=O) groups excluding carboxylic acids is 1.